The maximum absolute atomic E-state index is 11.9. The number of nitrogens with one attached hydrogen (secondary N) is 1. The zero-order valence-corrected chi connectivity index (χ0v) is 12.9. The quantitative estimate of drug-likeness (QED) is 0.364. The van der Waals surface area contributed by atoms with E-state index in [-0.39, 0.29) is 10.6 Å². The van der Waals surface area contributed by atoms with Crippen molar-refractivity contribution in [3.8, 4) is 0 Å². The summed E-state index contributed by atoms with van der Waals surface area (Å²) >= 11 is 2.04. The highest BCUT2D eigenvalue weighted by atomic mass is 127. The molecule has 1 aromatic carbocycles. The molecule has 100 valence electrons. The zero-order chi connectivity index (χ0) is 13.9. The van der Waals surface area contributed by atoms with Gasteiger partial charge in [0, 0.05) is 22.6 Å². The normalized spacial score (nSPS) is 11.5. The van der Waals surface area contributed by atoms with E-state index in [2.05, 4.69) is 4.72 Å². The molecule has 8 heteroatoms. The molecule has 0 saturated heterocycles. The number of hydrogen-bond donors (Lipinski definition) is 1. The third kappa shape index (κ3) is 3.39. The van der Waals surface area contributed by atoms with Crippen molar-refractivity contribution in [3.05, 3.63) is 33.4 Å². The van der Waals surface area contributed by atoms with E-state index in [0.29, 0.717) is 22.1 Å². The summed E-state index contributed by atoms with van der Waals surface area (Å²) in [6, 6.07) is 2.54. The van der Waals surface area contributed by atoms with Gasteiger partial charge in [-0.3, -0.25) is 10.1 Å². The van der Waals surface area contributed by atoms with Crippen molar-refractivity contribution in [3.63, 3.8) is 0 Å². The number of nitrogens with zero attached hydrogens (tertiary/aromatic N) is 1. The summed E-state index contributed by atoms with van der Waals surface area (Å²) in [5.74, 6) is 0. The lowest BCUT2D eigenvalue weighted by molar-refractivity contribution is -0.385. The smallest absolute Gasteiger partial charge is 0.258 e. The molecule has 0 spiro atoms. The molecule has 0 aliphatic heterocycles. The van der Waals surface area contributed by atoms with E-state index in [9.17, 15) is 18.5 Å². The largest absolute Gasteiger partial charge is 0.273 e. The van der Waals surface area contributed by atoms with Crippen molar-refractivity contribution in [2.24, 2.45) is 0 Å². The van der Waals surface area contributed by atoms with Crippen LogP contribution in [0.25, 0.3) is 0 Å². The number of benzene rings is 1. The zero-order valence-electron chi connectivity index (χ0n) is 9.94. The minimum atomic E-state index is -3.68. The van der Waals surface area contributed by atoms with Crippen molar-refractivity contribution in [1.29, 1.82) is 0 Å². The van der Waals surface area contributed by atoms with E-state index in [1.54, 1.807) is 13.8 Å². The first-order valence-electron chi connectivity index (χ1n) is 5.11. The van der Waals surface area contributed by atoms with Crippen molar-refractivity contribution >= 4 is 38.3 Å². The van der Waals surface area contributed by atoms with Crippen LogP contribution >= 0.6 is 22.6 Å². The summed E-state index contributed by atoms with van der Waals surface area (Å²) in [6.45, 7) is 3.55. The second-order valence-corrected chi connectivity index (χ2v) is 6.57. The molecule has 18 heavy (non-hydrogen) atoms. The maximum Gasteiger partial charge on any atom is 0.273 e. The van der Waals surface area contributed by atoms with Crippen LogP contribution in [-0.2, 0) is 10.0 Å². The number of nitro groups is 1. The fraction of sp³-hybridized carbons (Fsp3) is 0.400. The number of halogens is 1. The van der Waals surface area contributed by atoms with Crippen molar-refractivity contribution in [2.45, 2.75) is 18.7 Å². The van der Waals surface area contributed by atoms with Crippen LogP contribution in [0.1, 0.15) is 11.1 Å². The first-order chi connectivity index (χ1) is 8.29. The summed E-state index contributed by atoms with van der Waals surface area (Å²) < 4.78 is 26.8. The fourth-order valence-corrected chi connectivity index (χ4v) is 3.18. The van der Waals surface area contributed by atoms with E-state index in [4.69, 9.17) is 0 Å². The Balaban J connectivity index is 3.31. The monoisotopic (exact) mass is 384 g/mol. The Morgan fingerprint density at radius 1 is 1.39 bits per heavy atom. The Bertz CT molecular complexity index is 571. The van der Waals surface area contributed by atoms with Gasteiger partial charge in [-0.1, -0.05) is 22.6 Å². The highest BCUT2D eigenvalue weighted by molar-refractivity contribution is 14.1. The van der Waals surface area contributed by atoms with Crippen LogP contribution in [0.3, 0.4) is 0 Å². The van der Waals surface area contributed by atoms with Crippen molar-refractivity contribution < 1.29 is 13.3 Å². The van der Waals surface area contributed by atoms with Gasteiger partial charge < -0.3 is 0 Å². The van der Waals surface area contributed by atoms with Crippen LogP contribution in [0.15, 0.2) is 17.0 Å². The lowest BCUT2D eigenvalue weighted by Crippen LogP contribution is -2.25. The highest BCUT2D eigenvalue weighted by Gasteiger charge is 2.21. The van der Waals surface area contributed by atoms with E-state index in [1.807, 2.05) is 22.6 Å². The summed E-state index contributed by atoms with van der Waals surface area (Å²) in [5, 5.41) is 10.9. The molecule has 0 radical (unpaired) electrons. The Kier molecular flexibility index (Phi) is 5.05. The predicted molar refractivity (Wildman–Crippen MR) is 76.6 cm³/mol. The van der Waals surface area contributed by atoms with Gasteiger partial charge in [0.25, 0.3) is 5.69 Å². The molecule has 0 aliphatic carbocycles. The van der Waals surface area contributed by atoms with Gasteiger partial charge in [-0.25, -0.2) is 13.1 Å². The van der Waals surface area contributed by atoms with Gasteiger partial charge in [-0.2, -0.15) is 0 Å². The Morgan fingerprint density at radius 3 is 2.50 bits per heavy atom. The number of nitro benzene ring substituents is 1. The van der Waals surface area contributed by atoms with Gasteiger partial charge in [0.15, 0.2) is 0 Å². The molecule has 0 atom stereocenters. The van der Waals surface area contributed by atoms with Gasteiger partial charge in [-0.15, -0.1) is 0 Å². The molecule has 0 aliphatic rings. The minimum Gasteiger partial charge on any atom is -0.258 e. The number of sulfonamides is 1. The molecule has 0 amide bonds. The number of aryl methyl sites for hydroxylation is 1. The second-order valence-electron chi connectivity index (χ2n) is 3.73. The summed E-state index contributed by atoms with van der Waals surface area (Å²) in [5.41, 5.74) is 0.886. The van der Waals surface area contributed by atoms with Crippen molar-refractivity contribution in [2.75, 3.05) is 11.0 Å². The van der Waals surface area contributed by atoms with E-state index >= 15 is 0 Å². The number of alkyl halides is 1. The van der Waals surface area contributed by atoms with E-state index in [0.717, 1.165) is 6.07 Å². The van der Waals surface area contributed by atoms with Crippen molar-refractivity contribution in [1.82, 2.24) is 4.72 Å². The van der Waals surface area contributed by atoms with Gasteiger partial charge in [0.1, 0.15) is 0 Å². The first kappa shape index (κ1) is 15.3. The topological polar surface area (TPSA) is 89.3 Å². The van der Waals surface area contributed by atoms with Crippen LogP contribution in [-0.4, -0.2) is 24.3 Å². The fourth-order valence-electron chi connectivity index (χ4n) is 1.41. The van der Waals surface area contributed by atoms with Crippen LogP contribution in [0.2, 0.25) is 0 Å². The SMILES string of the molecule is Cc1cc(S(=O)(=O)NCCI)cc([N+](=O)[O-])c1C. The second kappa shape index (κ2) is 5.93. The summed E-state index contributed by atoms with van der Waals surface area (Å²) in [7, 11) is -3.68. The van der Waals surface area contributed by atoms with Gasteiger partial charge in [0.05, 0.1) is 9.82 Å². The predicted octanol–water partition coefficient (Wildman–Crippen LogP) is 1.92. The van der Waals surface area contributed by atoms with Crippen LogP contribution < -0.4 is 4.72 Å². The molecule has 0 unspecified atom stereocenters. The average Bonchev–Trinajstić information content (AvgIpc) is 2.29. The molecule has 1 rings (SSSR count). The Hall–Kier alpha value is -0.740. The molecular formula is C10H13IN2O4S. The molecular weight excluding hydrogens is 371 g/mol. The number of hydrogen-bond acceptors (Lipinski definition) is 4. The van der Waals surface area contributed by atoms with Crippen LogP contribution in [0, 0.1) is 24.0 Å². The minimum absolute atomic E-state index is 0.0675. The molecule has 0 aromatic heterocycles. The third-order valence-electron chi connectivity index (χ3n) is 2.51. The molecule has 6 nitrogen and oxygen atoms in total. The third-order valence-corrected chi connectivity index (χ3v) is 4.49. The van der Waals surface area contributed by atoms with E-state index in [1.165, 1.54) is 6.07 Å². The standard InChI is InChI=1S/C10H13IN2O4S/c1-7-5-9(18(16,17)12-4-3-11)6-10(8(7)2)13(14)15/h5-6,12H,3-4H2,1-2H3. The number of rotatable bonds is 5. The highest BCUT2D eigenvalue weighted by Crippen LogP contribution is 2.25. The first-order valence-corrected chi connectivity index (χ1v) is 8.11. The Morgan fingerprint density at radius 2 is 2.00 bits per heavy atom. The molecule has 0 fully saturated rings. The lowest BCUT2D eigenvalue weighted by atomic mass is 10.1. The summed E-state index contributed by atoms with van der Waals surface area (Å²) in [6.07, 6.45) is 0. The van der Waals surface area contributed by atoms with Crippen LogP contribution in [0.5, 0.6) is 0 Å². The van der Waals surface area contributed by atoms with Gasteiger partial charge in [-0.05, 0) is 25.5 Å². The Labute approximate surface area is 119 Å². The summed E-state index contributed by atoms with van der Waals surface area (Å²) in [4.78, 5) is 10.2. The molecule has 0 heterocycles. The average molecular weight is 384 g/mol. The molecule has 0 saturated carbocycles. The molecule has 1 N–H and O–H groups in total. The molecule has 1 aromatic rings. The lowest BCUT2D eigenvalue weighted by Gasteiger charge is -2.08. The van der Waals surface area contributed by atoms with Gasteiger partial charge >= 0.3 is 0 Å². The maximum atomic E-state index is 11.9. The van der Waals surface area contributed by atoms with E-state index < -0.39 is 14.9 Å². The van der Waals surface area contributed by atoms with Gasteiger partial charge in [0.2, 0.25) is 10.0 Å². The van der Waals surface area contributed by atoms with Crippen LogP contribution in [0.4, 0.5) is 5.69 Å². The molecule has 0 bridgehead atoms.